The van der Waals surface area contributed by atoms with Gasteiger partial charge in [-0.1, -0.05) is 99.4 Å². The molecule has 1 fully saturated rings. The van der Waals surface area contributed by atoms with Crippen molar-refractivity contribution in [3.05, 3.63) is 95.6 Å². The summed E-state index contributed by atoms with van der Waals surface area (Å²) in [5.74, 6) is 1.06. The predicted molar refractivity (Wildman–Crippen MR) is 165 cm³/mol. The minimum Gasteiger partial charge on any atom is -0.492 e. The molecule has 4 nitrogen and oxygen atoms in total. The van der Waals surface area contributed by atoms with Gasteiger partial charge in [0.25, 0.3) is 0 Å². The highest BCUT2D eigenvalue weighted by molar-refractivity contribution is 6.45. The summed E-state index contributed by atoms with van der Waals surface area (Å²) in [5, 5.41) is 13.0. The lowest BCUT2D eigenvalue weighted by Gasteiger charge is -2.42. The lowest BCUT2D eigenvalue weighted by Crippen LogP contribution is -2.40. The van der Waals surface area contributed by atoms with E-state index >= 15 is 0 Å². The van der Waals surface area contributed by atoms with Crippen molar-refractivity contribution >= 4 is 12.9 Å². The Labute approximate surface area is 241 Å². The van der Waals surface area contributed by atoms with Crippen LogP contribution < -0.4 is 15.5 Å². The van der Waals surface area contributed by atoms with Gasteiger partial charge in [0, 0.05) is 30.0 Å². The summed E-state index contributed by atoms with van der Waals surface area (Å²) >= 11 is 0. The number of benzene rings is 3. The Balaban J connectivity index is 1.26. The molecule has 2 aliphatic heterocycles. The molecule has 5 rings (SSSR count). The number of ether oxygens (including phenoxy) is 2. The predicted octanol–water partition coefficient (Wildman–Crippen LogP) is 6.56. The molecule has 0 aromatic heterocycles. The summed E-state index contributed by atoms with van der Waals surface area (Å²) in [5.41, 5.74) is 6.83. The molecular weight excluding hydrogens is 493 g/mol. The minimum atomic E-state index is -0.254. The number of rotatable bonds is 13. The lowest BCUT2D eigenvalue weighted by molar-refractivity contribution is -0.151. The van der Waals surface area contributed by atoms with E-state index in [1.807, 2.05) is 18.2 Å². The first-order valence-electron chi connectivity index (χ1n) is 14.9. The summed E-state index contributed by atoms with van der Waals surface area (Å²) < 4.78 is 12.5. The van der Waals surface area contributed by atoms with Crippen molar-refractivity contribution in [2.75, 3.05) is 13.2 Å². The molecule has 2 aliphatic rings. The fourth-order valence-corrected chi connectivity index (χ4v) is 6.25. The van der Waals surface area contributed by atoms with Crippen LogP contribution in [-0.4, -0.2) is 31.8 Å². The van der Waals surface area contributed by atoms with Crippen LogP contribution in [0.3, 0.4) is 0 Å². The van der Waals surface area contributed by atoms with Gasteiger partial charge in [0.1, 0.15) is 5.75 Å². The molecule has 2 atom stereocenters. The maximum Gasteiger partial charge on any atom is 0.326 e. The molecule has 1 saturated heterocycles. The number of hydrogen-bond donors (Lipinski definition) is 2. The van der Waals surface area contributed by atoms with Gasteiger partial charge in [0.2, 0.25) is 0 Å². The average molecular weight is 537 g/mol. The SMILES string of the molecule is CCCC1(CCC=CCC2(c3cccc(-c4cccc([B]O)c4)c3)CCO2)COc2ccc(CNC(C)C)cc21. The molecule has 2 unspecified atom stereocenters. The van der Waals surface area contributed by atoms with Crippen LogP contribution in [0.4, 0.5) is 0 Å². The van der Waals surface area contributed by atoms with Gasteiger partial charge in [-0.3, -0.25) is 0 Å². The van der Waals surface area contributed by atoms with Crippen molar-refractivity contribution in [2.24, 2.45) is 0 Å². The molecule has 1 radical (unpaired) electrons. The van der Waals surface area contributed by atoms with E-state index < -0.39 is 0 Å². The molecule has 2 heterocycles. The Morgan fingerprint density at radius 3 is 2.52 bits per heavy atom. The van der Waals surface area contributed by atoms with E-state index in [1.165, 1.54) is 16.7 Å². The van der Waals surface area contributed by atoms with Crippen molar-refractivity contribution in [3.8, 4) is 16.9 Å². The third kappa shape index (κ3) is 6.22. The van der Waals surface area contributed by atoms with Crippen molar-refractivity contribution in [2.45, 2.75) is 82.9 Å². The zero-order chi connectivity index (χ0) is 28.0. The number of nitrogens with one attached hydrogen (secondary N) is 1. The summed E-state index contributed by atoms with van der Waals surface area (Å²) in [4.78, 5) is 0. The molecule has 0 bridgehead atoms. The largest absolute Gasteiger partial charge is 0.492 e. The van der Waals surface area contributed by atoms with Crippen LogP contribution in [-0.2, 0) is 22.3 Å². The van der Waals surface area contributed by atoms with E-state index in [9.17, 15) is 5.02 Å². The highest BCUT2D eigenvalue weighted by atomic mass is 16.5. The second kappa shape index (κ2) is 12.8. The lowest BCUT2D eigenvalue weighted by atomic mass is 9.74. The number of hydrogen-bond acceptors (Lipinski definition) is 4. The van der Waals surface area contributed by atoms with Gasteiger partial charge in [0.15, 0.2) is 0 Å². The Bertz CT molecular complexity index is 1310. The van der Waals surface area contributed by atoms with Gasteiger partial charge in [-0.05, 0) is 60.1 Å². The highest BCUT2D eigenvalue weighted by Crippen LogP contribution is 2.46. The number of fused-ring (bicyclic) bond motifs is 1. The van der Waals surface area contributed by atoms with E-state index in [0.29, 0.717) is 6.04 Å². The van der Waals surface area contributed by atoms with E-state index in [4.69, 9.17) is 9.47 Å². The fraction of sp³-hybridized carbons (Fsp3) is 0.429. The topological polar surface area (TPSA) is 50.7 Å². The van der Waals surface area contributed by atoms with Crippen molar-refractivity contribution in [1.29, 1.82) is 0 Å². The Morgan fingerprint density at radius 1 is 1.00 bits per heavy atom. The van der Waals surface area contributed by atoms with Gasteiger partial charge in [-0.15, -0.1) is 0 Å². The highest BCUT2D eigenvalue weighted by Gasteiger charge is 2.40. The smallest absolute Gasteiger partial charge is 0.326 e. The third-order valence-corrected chi connectivity index (χ3v) is 8.61. The zero-order valence-corrected chi connectivity index (χ0v) is 24.3. The second-order valence-electron chi connectivity index (χ2n) is 11.8. The van der Waals surface area contributed by atoms with Gasteiger partial charge >= 0.3 is 7.48 Å². The fourth-order valence-electron chi connectivity index (χ4n) is 6.25. The Hall–Kier alpha value is -2.86. The normalized spacial score (nSPS) is 21.8. The summed E-state index contributed by atoms with van der Waals surface area (Å²) in [6.07, 6.45) is 11.0. The molecule has 40 heavy (non-hydrogen) atoms. The molecular formula is C35H43BNO3. The standard InChI is InChI=1S/C35H43BNO3/c1-4-16-34(25-39-33-15-14-27(21-32(33)34)24-37-26(2)3)17-6-5-7-18-35(19-20-40-35)30-12-8-10-28(22-30)29-11-9-13-31(23-29)36-38/h5,7-15,21-23,26,37-38H,4,6,16-20,24-25H2,1-3H3. The van der Waals surface area contributed by atoms with Crippen LogP contribution in [0.2, 0.25) is 0 Å². The quantitative estimate of drug-likeness (QED) is 0.192. The van der Waals surface area contributed by atoms with Crippen LogP contribution in [0.25, 0.3) is 11.1 Å². The summed E-state index contributed by atoms with van der Waals surface area (Å²) in [6, 6.07) is 23.9. The van der Waals surface area contributed by atoms with Crippen molar-refractivity contribution in [3.63, 3.8) is 0 Å². The molecule has 3 aromatic carbocycles. The van der Waals surface area contributed by atoms with Crippen molar-refractivity contribution in [1.82, 2.24) is 5.32 Å². The van der Waals surface area contributed by atoms with Gasteiger partial charge in [-0.25, -0.2) is 0 Å². The Morgan fingerprint density at radius 2 is 1.80 bits per heavy atom. The summed E-state index contributed by atoms with van der Waals surface area (Å²) in [6.45, 7) is 9.13. The molecule has 2 N–H and O–H groups in total. The van der Waals surface area contributed by atoms with E-state index in [0.717, 1.165) is 88.1 Å². The van der Waals surface area contributed by atoms with Gasteiger partial charge in [0.05, 0.1) is 18.8 Å². The molecule has 0 spiro atoms. The van der Waals surface area contributed by atoms with Crippen LogP contribution in [0.15, 0.2) is 78.9 Å². The maximum absolute atomic E-state index is 9.43. The summed E-state index contributed by atoms with van der Waals surface area (Å²) in [7, 11) is 1.15. The van der Waals surface area contributed by atoms with Crippen LogP contribution in [0.1, 0.15) is 76.0 Å². The monoisotopic (exact) mass is 536 g/mol. The Kier molecular flexibility index (Phi) is 9.15. The first-order chi connectivity index (χ1) is 19.5. The van der Waals surface area contributed by atoms with Crippen LogP contribution in [0, 0.1) is 0 Å². The molecule has 0 saturated carbocycles. The second-order valence-corrected chi connectivity index (χ2v) is 11.8. The average Bonchev–Trinajstić information content (AvgIpc) is 3.30. The van der Waals surface area contributed by atoms with Gasteiger partial charge < -0.3 is 19.8 Å². The van der Waals surface area contributed by atoms with Gasteiger partial charge in [-0.2, -0.15) is 0 Å². The third-order valence-electron chi connectivity index (χ3n) is 8.61. The molecule has 0 aliphatic carbocycles. The molecule has 3 aromatic rings. The first kappa shape index (κ1) is 28.7. The van der Waals surface area contributed by atoms with Crippen LogP contribution >= 0.6 is 0 Å². The number of allylic oxidation sites excluding steroid dienone is 1. The molecule has 209 valence electrons. The first-order valence-corrected chi connectivity index (χ1v) is 14.9. The van der Waals surface area contributed by atoms with E-state index in [-0.39, 0.29) is 11.0 Å². The minimum absolute atomic E-state index is 0.0851. The van der Waals surface area contributed by atoms with E-state index in [1.54, 1.807) is 0 Å². The van der Waals surface area contributed by atoms with Crippen LogP contribution in [0.5, 0.6) is 5.75 Å². The van der Waals surface area contributed by atoms with E-state index in [2.05, 4.69) is 86.8 Å². The van der Waals surface area contributed by atoms with Crippen molar-refractivity contribution < 1.29 is 14.5 Å². The zero-order valence-electron chi connectivity index (χ0n) is 24.3. The molecule has 0 amide bonds. The maximum atomic E-state index is 9.43. The molecule has 5 heteroatoms.